The number of fused-ring (bicyclic) bond motifs is 1. The summed E-state index contributed by atoms with van der Waals surface area (Å²) in [5.41, 5.74) is 2.14. The molecule has 0 aliphatic carbocycles. The molecule has 1 aromatic rings. The Kier molecular flexibility index (Phi) is 3.98. The summed E-state index contributed by atoms with van der Waals surface area (Å²) in [4.78, 5) is 10.7. The van der Waals surface area contributed by atoms with Gasteiger partial charge < -0.3 is 15.2 Å². The second-order valence-electron chi connectivity index (χ2n) is 3.15. The number of anilines is 1. The van der Waals surface area contributed by atoms with Crippen LogP contribution in [-0.2, 0) is 6.42 Å². The molecule has 4 heteroatoms. The number of aromatic carboxylic acids is 1. The largest absolute Gasteiger partial charge is 1.00 e. The number of benzene rings is 1. The molecule has 0 fully saturated rings. The Balaban J connectivity index is 0.000000980. The molecule has 1 aromatic carbocycles. The van der Waals surface area contributed by atoms with Gasteiger partial charge in [0.15, 0.2) is 0 Å². The molecule has 68 valence electrons. The Bertz CT molecular complexity index is 352. The van der Waals surface area contributed by atoms with Gasteiger partial charge in [0.1, 0.15) is 0 Å². The van der Waals surface area contributed by atoms with Crippen molar-refractivity contribution in [2.24, 2.45) is 0 Å². The Morgan fingerprint density at radius 1 is 1.43 bits per heavy atom. The molecule has 0 aromatic heterocycles. The van der Waals surface area contributed by atoms with Gasteiger partial charge in [-0.25, -0.2) is 0 Å². The fourth-order valence-electron chi connectivity index (χ4n) is 1.70. The molecular formula is C10H10NNaO2. The molecule has 0 amide bonds. The van der Waals surface area contributed by atoms with Crippen molar-refractivity contribution in [3.8, 4) is 0 Å². The van der Waals surface area contributed by atoms with Crippen molar-refractivity contribution in [3.05, 3.63) is 29.3 Å². The third-order valence-electron chi connectivity index (χ3n) is 2.31. The van der Waals surface area contributed by atoms with Gasteiger partial charge in [0.25, 0.3) is 0 Å². The van der Waals surface area contributed by atoms with Crippen LogP contribution in [0.5, 0.6) is 0 Å². The van der Waals surface area contributed by atoms with Crippen molar-refractivity contribution < 1.29 is 39.5 Å². The van der Waals surface area contributed by atoms with Crippen LogP contribution in [0.25, 0.3) is 0 Å². The van der Waals surface area contributed by atoms with E-state index in [4.69, 9.17) is 0 Å². The quantitative estimate of drug-likeness (QED) is 0.505. The average molecular weight is 199 g/mol. The summed E-state index contributed by atoms with van der Waals surface area (Å²) in [6.45, 7) is 0.920. The molecule has 2 rings (SSSR count). The summed E-state index contributed by atoms with van der Waals surface area (Å²) in [7, 11) is 0. The minimum absolute atomic E-state index is 0. The summed E-state index contributed by atoms with van der Waals surface area (Å²) < 4.78 is 0. The first-order valence-electron chi connectivity index (χ1n) is 4.36. The van der Waals surface area contributed by atoms with Crippen LogP contribution in [0, 0.1) is 0 Å². The fourth-order valence-corrected chi connectivity index (χ4v) is 1.70. The van der Waals surface area contributed by atoms with E-state index in [0.29, 0.717) is 5.56 Å². The molecule has 0 bridgehead atoms. The first-order chi connectivity index (χ1) is 6.29. The summed E-state index contributed by atoms with van der Waals surface area (Å²) >= 11 is 0. The number of carbonyl (C=O) groups is 1. The molecule has 1 aliphatic heterocycles. The van der Waals surface area contributed by atoms with Crippen LogP contribution in [0.15, 0.2) is 18.2 Å². The van der Waals surface area contributed by atoms with E-state index in [2.05, 4.69) is 5.32 Å². The molecule has 3 nitrogen and oxygen atoms in total. The van der Waals surface area contributed by atoms with Gasteiger partial charge in [0.05, 0.1) is 5.97 Å². The number of hydrogen-bond donors (Lipinski definition) is 1. The SMILES string of the molecule is O=C([O-])c1cccc2c1CCCN2.[Na+]. The Morgan fingerprint density at radius 2 is 2.21 bits per heavy atom. The van der Waals surface area contributed by atoms with Crippen LogP contribution < -0.4 is 40.0 Å². The minimum Gasteiger partial charge on any atom is -0.545 e. The molecule has 14 heavy (non-hydrogen) atoms. The van der Waals surface area contributed by atoms with Crippen molar-refractivity contribution in [1.29, 1.82) is 0 Å². The zero-order valence-electron chi connectivity index (χ0n) is 8.17. The van der Waals surface area contributed by atoms with E-state index in [1.165, 1.54) is 0 Å². The second kappa shape index (κ2) is 4.82. The van der Waals surface area contributed by atoms with E-state index in [9.17, 15) is 9.90 Å². The van der Waals surface area contributed by atoms with Crippen molar-refractivity contribution in [1.82, 2.24) is 0 Å². The van der Waals surface area contributed by atoms with Crippen molar-refractivity contribution >= 4 is 11.7 Å². The summed E-state index contributed by atoms with van der Waals surface area (Å²) in [5, 5.41) is 13.9. The number of nitrogens with one attached hydrogen (secondary N) is 1. The molecule has 1 N–H and O–H groups in total. The van der Waals surface area contributed by atoms with Crippen molar-refractivity contribution in [2.45, 2.75) is 12.8 Å². The number of rotatable bonds is 1. The van der Waals surface area contributed by atoms with Crippen LogP contribution in [0.4, 0.5) is 5.69 Å². The topological polar surface area (TPSA) is 52.2 Å². The van der Waals surface area contributed by atoms with E-state index in [-0.39, 0.29) is 29.6 Å². The molecule has 0 atom stereocenters. The summed E-state index contributed by atoms with van der Waals surface area (Å²) in [6.07, 6.45) is 1.81. The number of carboxylic acid groups (broad SMARTS) is 1. The Hall–Kier alpha value is -0.510. The smallest absolute Gasteiger partial charge is 0.545 e. The van der Waals surface area contributed by atoms with Gasteiger partial charge >= 0.3 is 29.6 Å². The monoisotopic (exact) mass is 199 g/mol. The number of carboxylic acids is 1. The van der Waals surface area contributed by atoms with Crippen LogP contribution in [0.2, 0.25) is 0 Å². The molecule has 0 spiro atoms. The number of hydrogen-bond acceptors (Lipinski definition) is 3. The van der Waals surface area contributed by atoms with Crippen molar-refractivity contribution in [2.75, 3.05) is 11.9 Å². The van der Waals surface area contributed by atoms with Gasteiger partial charge in [-0.3, -0.25) is 0 Å². The van der Waals surface area contributed by atoms with Gasteiger partial charge in [0.2, 0.25) is 0 Å². The maximum atomic E-state index is 10.7. The van der Waals surface area contributed by atoms with Crippen LogP contribution in [0.3, 0.4) is 0 Å². The van der Waals surface area contributed by atoms with Crippen LogP contribution in [0.1, 0.15) is 22.3 Å². The molecule has 1 heterocycles. The standard InChI is InChI=1S/C10H11NO2.Na/c12-10(13)8-3-1-5-9-7(8)4-2-6-11-9;/h1,3,5,11H,2,4,6H2,(H,12,13);/q;+1/p-1. The molecule has 0 saturated heterocycles. The molecule has 0 saturated carbocycles. The van der Waals surface area contributed by atoms with Gasteiger partial charge in [-0.2, -0.15) is 0 Å². The summed E-state index contributed by atoms with van der Waals surface area (Å²) in [5.74, 6) is -1.08. The third-order valence-corrected chi connectivity index (χ3v) is 2.31. The third kappa shape index (κ3) is 2.11. The van der Waals surface area contributed by atoms with Gasteiger partial charge in [-0.05, 0) is 24.5 Å². The van der Waals surface area contributed by atoms with E-state index >= 15 is 0 Å². The van der Waals surface area contributed by atoms with Crippen LogP contribution >= 0.6 is 0 Å². The van der Waals surface area contributed by atoms with E-state index in [1.54, 1.807) is 12.1 Å². The van der Waals surface area contributed by atoms with E-state index in [0.717, 1.165) is 30.6 Å². The zero-order valence-corrected chi connectivity index (χ0v) is 10.2. The van der Waals surface area contributed by atoms with Gasteiger partial charge in [-0.1, -0.05) is 12.1 Å². The normalized spacial score (nSPS) is 13.4. The van der Waals surface area contributed by atoms with Crippen molar-refractivity contribution in [3.63, 3.8) is 0 Å². The van der Waals surface area contributed by atoms with Gasteiger partial charge in [0, 0.05) is 17.8 Å². The van der Waals surface area contributed by atoms with Crippen LogP contribution in [-0.4, -0.2) is 12.5 Å². The first kappa shape index (κ1) is 11.6. The van der Waals surface area contributed by atoms with Gasteiger partial charge in [-0.15, -0.1) is 0 Å². The zero-order chi connectivity index (χ0) is 9.26. The molecule has 1 aliphatic rings. The average Bonchev–Trinajstić information content (AvgIpc) is 2.17. The first-order valence-corrected chi connectivity index (χ1v) is 4.36. The Labute approximate surface area is 105 Å². The molecule has 0 radical (unpaired) electrons. The summed E-state index contributed by atoms with van der Waals surface area (Å²) in [6, 6.07) is 5.24. The molecular weight excluding hydrogens is 189 g/mol. The fraction of sp³-hybridized carbons (Fsp3) is 0.300. The maximum absolute atomic E-state index is 10.7. The van der Waals surface area contributed by atoms with E-state index < -0.39 is 5.97 Å². The van der Waals surface area contributed by atoms with E-state index in [1.807, 2.05) is 6.07 Å². The predicted octanol–water partition coefficient (Wildman–Crippen LogP) is -2.59. The number of carbonyl (C=O) groups excluding carboxylic acids is 1. The predicted molar refractivity (Wildman–Crippen MR) is 47.6 cm³/mol. The molecule has 0 unspecified atom stereocenters. The maximum Gasteiger partial charge on any atom is 1.00 e. The minimum atomic E-state index is -1.08. The Morgan fingerprint density at radius 3 is 2.93 bits per heavy atom. The second-order valence-corrected chi connectivity index (χ2v) is 3.15.